The van der Waals surface area contributed by atoms with E-state index in [4.69, 9.17) is 5.11 Å². The molecular weight excluding hydrogens is 220 g/mol. The molecule has 0 saturated heterocycles. The number of hydrogen-bond donors (Lipinski definition) is 2. The molecule has 98 valence electrons. The summed E-state index contributed by atoms with van der Waals surface area (Å²) < 4.78 is 0. The fraction of sp³-hybridized carbons (Fsp3) is 0.833. The van der Waals surface area contributed by atoms with Gasteiger partial charge in [0, 0.05) is 13.1 Å². The molecule has 0 aromatic carbocycles. The van der Waals surface area contributed by atoms with Crippen LogP contribution < -0.4 is 5.32 Å². The minimum Gasteiger partial charge on any atom is -0.481 e. The van der Waals surface area contributed by atoms with Gasteiger partial charge < -0.3 is 15.3 Å². The molecule has 1 aliphatic rings. The molecule has 0 aromatic rings. The van der Waals surface area contributed by atoms with E-state index in [0.29, 0.717) is 6.54 Å². The number of rotatable bonds is 6. The van der Waals surface area contributed by atoms with Crippen molar-refractivity contribution in [2.75, 3.05) is 26.7 Å². The molecule has 5 heteroatoms. The number of carboxylic acids is 1. The molecule has 0 bridgehead atoms. The van der Waals surface area contributed by atoms with Gasteiger partial charge in [0.25, 0.3) is 0 Å². The molecule has 2 N–H and O–H groups in total. The van der Waals surface area contributed by atoms with E-state index >= 15 is 0 Å². The van der Waals surface area contributed by atoms with E-state index in [1.165, 1.54) is 0 Å². The minimum atomic E-state index is -0.874. The van der Waals surface area contributed by atoms with Crippen molar-refractivity contribution in [2.45, 2.75) is 20.8 Å². The molecule has 1 fully saturated rings. The average molecular weight is 242 g/mol. The van der Waals surface area contributed by atoms with Crippen LogP contribution in [0.2, 0.25) is 0 Å². The summed E-state index contributed by atoms with van der Waals surface area (Å²) >= 11 is 0. The summed E-state index contributed by atoms with van der Waals surface area (Å²) in [5.74, 6) is -1.92. The van der Waals surface area contributed by atoms with Gasteiger partial charge in [0.05, 0.1) is 11.8 Å². The number of nitrogens with zero attached hydrogens (tertiary/aromatic N) is 1. The normalized spacial score (nSPS) is 25.7. The Morgan fingerprint density at radius 1 is 1.35 bits per heavy atom. The molecule has 1 rings (SSSR count). The first kappa shape index (κ1) is 14.0. The maximum Gasteiger partial charge on any atom is 0.307 e. The Bertz CT molecular complexity index is 315. The van der Waals surface area contributed by atoms with E-state index in [-0.39, 0.29) is 11.8 Å². The Hall–Kier alpha value is -1.10. The van der Waals surface area contributed by atoms with Crippen LogP contribution in [0.5, 0.6) is 0 Å². The van der Waals surface area contributed by atoms with Crippen molar-refractivity contribution in [3.63, 3.8) is 0 Å². The highest BCUT2D eigenvalue weighted by Gasteiger charge is 2.65. The number of carbonyl (C=O) groups excluding carboxylic acids is 1. The third kappa shape index (κ3) is 2.97. The van der Waals surface area contributed by atoms with Gasteiger partial charge in [-0.1, -0.05) is 20.8 Å². The first-order valence-electron chi connectivity index (χ1n) is 6.01. The van der Waals surface area contributed by atoms with E-state index in [0.717, 1.165) is 13.1 Å². The number of likely N-dealkylation sites (N-methyl/N-ethyl adjacent to an activating group) is 1. The SMILES string of the molecule is CCN(C)CCNC(=O)C1C(C(=O)O)C1(C)C. The Labute approximate surface area is 102 Å². The van der Waals surface area contributed by atoms with Gasteiger partial charge in [0.2, 0.25) is 5.91 Å². The molecular formula is C12H22N2O3. The lowest BCUT2D eigenvalue weighted by Gasteiger charge is -2.14. The van der Waals surface area contributed by atoms with Crippen LogP contribution in [0.4, 0.5) is 0 Å². The summed E-state index contributed by atoms with van der Waals surface area (Å²) in [6, 6.07) is 0. The zero-order valence-electron chi connectivity index (χ0n) is 11.0. The number of aliphatic carboxylic acids is 1. The van der Waals surface area contributed by atoms with Crippen molar-refractivity contribution >= 4 is 11.9 Å². The zero-order valence-corrected chi connectivity index (χ0v) is 11.0. The van der Waals surface area contributed by atoms with Crippen LogP contribution in [0.1, 0.15) is 20.8 Å². The Morgan fingerprint density at radius 2 is 1.94 bits per heavy atom. The van der Waals surface area contributed by atoms with Gasteiger partial charge in [0.1, 0.15) is 0 Å². The van der Waals surface area contributed by atoms with Gasteiger partial charge in [-0.3, -0.25) is 9.59 Å². The van der Waals surface area contributed by atoms with E-state index < -0.39 is 17.3 Å². The second-order valence-electron chi connectivity index (χ2n) is 5.30. The molecule has 1 aliphatic carbocycles. The summed E-state index contributed by atoms with van der Waals surface area (Å²) in [7, 11) is 1.98. The molecule has 0 heterocycles. The lowest BCUT2D eigenvalue weighted by Crippen LogP contribution is -2.34. The van der Waals surface area contributed by atoms with Crippen LogP contribution in [0.25, 0.3) is 0 Å². The van der Waals surface area contributed by atoms with Crippen molar-refractivity contribution in [2.24, 2.45) is 17.3 Å². The first-order valence-corrected chi connectivity index (χ1v) is 6.01. The third-order valence-electron chi connectivity index (χ3n) is 3.71. The van der Waals surface area contributed by atoms with Gasteiger partial charge in [-0.15, -0.1) is 0 Å². The standard InChI is InChI=1S/C12H22N2O3/c1-5-14(4)7-6-13-10(15)8-9(11(16)17)12(8,2)3/h8-9H,5-7H2,1-4H3,(H,13,15)(H,16,17). The number of carbonyl (C=O) groups is 2. The number of hydrogen-bond acceptors (Lipinski definition) is 3. The monoisotopic (exact) mass is 242 g/mol. The van der Waals surface area contributed by atoms with Gasteiger partial charge >= 0.3 is 5.97 Å². The van der Waals surface area contributed by atoms with Crippen molar-refractivity contribution in [1.29, 1.82) is 0 Å². The zero-order chi connectivity index (χ0) is 13.2. The predicted molar refractivity (Wildman–Crippen MR) is 64.6 cm³/mol. The van der Waals surface area contributed by atoms with Crippen LogP contribution in [-0.2, 0) is 9.59 Å². The molecule has 2 unspecified atom stereocenters. The highest BCUT2D eigenvalue weighted by Crippen LogP contribution is 2.58. The molecule has 2 atom stereocenters. The second kappa shape index (κ2) is 5.04. The van der Waals surface area contributed by atoms with Crippen LogP contribution >= 0.6 is 0 Å². The Morgan fingerprint density at radius 3 is 2.35 bits per heavy atom. The predicted octanol–water partition coefficient (Wildman–Crippen LogP) is 0.411. The molecule has 0 aromatic heterocycles. The smallest absolute Gasteiger partial charge is 0.307 e. The van der Waals surface area contributed by atoms with Crippen LogP contribution in [0.3, 0.4) is 0 Å². The third-order valence-corrected chi connectivity index (χ3v) is 3.71. The fourth-order valence-corrected chi connectivity index (χ4v) is 2.23. The molecule has 1 saturated carbocycles. The molecule has 1 amide bonds. The van der Waals surface area contributed by atoms with Crippen LogP contribution in [0, 0.1) is 17.3 Å². The average Bonchev–Trinajstić information content (AvgIpc) is 2.81. The van der Waals surface area contributed by atoms with Gasteiger partial charge in [-0.05, 0) is 19.0 Å². The Kier molecular flexibility index (Phi) is 4.14. The van der Waals surface area contributed by atoms with Crippen molar-refractivity contribution in [1.82, 2.24) is 10.2 Å². The van der Waals surface area contributed by atoms with E-state index in [9.17, 15) is 9.59 Å². The maximum atomic E-state index is 11.8. The largest absolute Gasteiger partial charge is 0.481 e. The van der Waals surface area contributed by atoms with Crippen molar-refractivity contribution in [3.05, 3.63) is 0 Å². The molecule has 0 radical (unpaired) electrons. The van der Waals surface area contributed by atoms with E-state index in [2.05, 4.69) is 10.2 Å². The highest BCUT2D eigenvalue weighted by molar-refractivity contribution is 5.91. The van der Waals surface area contributed by atoms with Gasteiger partial charge in [-0.2, -0.15) is 0 Å². The highest BCUT2D eigenvalue weighted by atomic mass is 16.4. The number of nitrogens with one attached hydrogen (secondary N) is 1. The molecule has 0 aliphatic heterocycles. The van der Waals surface area contributed by atoms with Crippen LogP contribution in [0.15, 0.2) is 0 Å². The van der Waals surface area contributed by atoms with E-state index in [1.54, 1.807) is 0 Å². The topological polar surface area (TPSA) is 69.6 Å². The van der Waals surface area contributed by atoms with Crippen molar-refractivity contribution in [3.8, 4) is 0 Å². The lowest BCUT2D eigenvalue weighted by molar-refractivity contribution is -0.140. The summed E-state index contributed by atoms with van der Waals surface area (Å²) in [5.41, 5.74) is -0.410. The number of carboxylic acid groups (broad SMARTS) is 1. The second-order valence-corrected chi connectivity index (χ2v) is 5.30. The molecule has 17 heavy (non-hydrogen) atoms. The summed E-state index contributed by atoms with van der Waals surface area (Å²) in [4.78, 5) is 24.8. The summed E-state index contributed by atoms with van der Waals surface area (Å²) in [6.45, 7) is 7.99. The quantitative estimate of drug-likeness (QED) is 0.708. The van der Waals surface area contributed by atoms with Gasteiger partial charge in [-0.25, -0.2) is 0 Å². The summed E-state index contributed by atoms with van der Waals surface area (Å²) in [5, 5.41) is 11.8. The fourth-order valence-electron chi connectivity index (χ4n) is 2.23. The molecule has 0 spiro atoms. The van der Waals surface area contributed by atoms with Gasteiger partial charge in [0.15, 0.2) is 0 Å². The Balaban J connectivity index is 2.38. The first-order chi connectivity index (χ1) is 7.82. The summed E-state index contributed by atoms with van der Waals surface area (Å²) in [6.07, 6.45) is 0. The lowest BCUT2D eigenvalue weighted by atomic mass is 10.1. The number of amides is 1. The molecule has 5 nitrogen and oxygen atoms in total. The van der Waals surface area contributed by atoms with E-state index in [1.807, 2.05) is 27.8 Å². The van der Waals surface area contributed by atoms with Crippen molar-refractivity contribution < 1.29 is 14.7 Å². The minimum absolute atomic E-state index is 0.132. The maximum absolute atomic E-state index is 11.8. The van der Waals surface area contributed by atoms with Crippen LogP contribution in [-0.4, -0.2) is 48.6 Å².